The molecule has 92 valence electrons. The second-order valence-electron chi connectivity index (χ2n) is 4.01. The van der Waals surface area contributed by atoms with E-state index in [1.54, 1.807) is 17.2 Å². The zero-order chi connectivity index (χ0) is 13.4. The Morgan fingerprint density at radius 1 is 1.47 bits per heavy atom. The van der Waals surface area contributed by atoms with E-state index in [1.165, 1.54) is 13.2 Å². The number of nitrogens with zero attached hydrogens (tertiary/aromatic N) is 3. The molecule has 0 saturated carbocycles. The quantitative estimate of drug-likeness (QED) is 0.663. The minimum absolute atomic E-state index is 0.342. The van der Waals surface area contributed by atoms with Crippen LogP contribution in [0.1, 0.15) is 0 Å². The van der Waals surface area contributed by atoms with E-state index in [9.17, 15) is 10.1 Å². The number of methoxy groups -OCH3 is 1. The normalized spacial score (nSPS) is 19.2. The van der Waals surface area contributed by atoms with E-state index in [4.69, 9.17) is 4.74 Å². The van der Waals surface area contributed by atoms with Gasteiger partial charge in [-0.25, -0.2) is 9.79 Å². The molecular weight excluding hydrogens is 242 g/mol. The smallest absolute Gasteiger partial charge is 0.340 e. The average Bonchev–Trinajstić information content (AvgIpc) is 2.47. The van der Waals surface area contributed by atoms with Crippen LogP contribution in [-0.2, 0) is 9.53 Å². The fraction of sp³-hybridized carbons (Fsp3) is 0.0714. The van der Waals surface area contributed by atoms with Crippen LogP contribution in [0.3, 0.4) is 0 Å². The molecule has 0 N–H and O–H groups in total. The molecule has 0 radical (unpaired) electrons. The molecule has 0 unspecified atom stereocenters. The van der Waals surface area contributed by atoms with Crippen molar-refractivity contribution in [2.45, 2.75) is 0 Å². The molecule has 3 aliphatic rings. The summed E-state index contributed by atoms with van der Waals surface area (Å²) >= 11 is 0. The molecule has 0 aromatic carbocycles. The second-order valence-corrected chi connectivity index (χ2v) is 4.01. The van der Waals surface area contributed by atoms with Crippen LogP contribution in [0.2, 0.25) is 0 Å². The summed E-state index contributed by atoms with van der Waals surface area (Å²) in [5.74, 6) is 0.0607. The molecule has 0 fully saturated rings. The third-order valence-corrected chi connectivity index (χ3v) is 3.01. The molecule has 3 heterocycles. The molecule has 0 amide bonds. The Balaban J connectivity index is 2.26. The van der Waals surface area contributed by atoms with Crippen molar-refractivity contribution in [3.8, 4) is 6.07 Å². The lowest BCUT2D eigenvalue weighted by Gasteiger charge is -2.34. The van der Waals surface area contributed by atoms with Gasteiger partial charge in [0.25, 0.3) is 0 Å². The number of aliphatic imine (C=N–C) groups is 1. The molecule has 0 atom stereocenters. The molecule has 0 aliphatic carbocycles. The third kappa shape index (κ3) is 1.54. The van der Waals surface area contributed by atoms with E-state index in [1.807, 2.05) is 18.2 Å². The van der Waals surface area contributed by atoms with Crippen LogP contribution in [0.5, 0.6) is 0 Å². The fourth-order valence-corrected chi connectivity index (χ4v) is 2.17. The van der Waals surface area contributed by atoms with Crippen LogP contribution in [-0.4, -0.2) is 23.8 Å². The highest BCUT2D eigenvalue weighted by Crippen LogP contribution is 2.33. The lowest BCUT2D eigenvalue weighted by atomic mass is 9.98. The minimum atomic E-state index is -0.470. The summed E-state index contributed by atoms with van der Waals surface area (Å²) in [6, 6.07) is 2.06. The maximum atomic E-state index is 11.8. The van der Waals surface area contributed by atoms with Crippen molar-refractivity contribution in [3.05, 3.63) is 59.1 Å². The summed E-state index contributed by atoms with van der Waals surface area (Å²) in [4.78, 5) is 17.8. The molecule has 3 aliphatic heterocycles. The van der Waals surface area contributed by atoms with Gasteiger partial charge >= 0.3 is 5.97 Å². The Labute approximate surface area is 109 Å². The van der Waals surface area contributed by atoms with Crippen LogP contribution in [0.25, 0.3) is 0 Å². The van der Waals surface area contributed by atoms with Gasteiger partial charge in [0.05, 0.1) is 24.0 Å². The molecule has 5 nitrogen and oxygen atoms in total. The largest absolute Gasteiger partial charge is 0.465 e. The molecule has 3 rings (SSSR count). The number of amidine groups is 1. The maximum absolute atomic E-state index is 11.8. The summed E-state index contributed by atoms with van der Waals surface area (Å²) in [5.41, 5.74) is 2.24. The molecule has 0 aromatic heterocycles. The van der Waals surface area contributed by atoms with Crippen molar-refractivity contribution in [2.75, 3.05) is 7.11 Å². The van der Waals surface area contributed by atoms with E-state index >= 15 is 0 Å². The SMILES string of the molecule is COC(=O)C1=C2C=CC=C3C=CN=C(C(C#N)=C1)N32. The topological polar surface area (TPSA) is 65.7 Å². The van der Waals surface area contributed by atoms with Gasteiger partial charge < -0.3 is 4.74 Å². The summed E-state index contributed by atoms with van der Waals surface area (Å²) in [5, 5.41) is 9.20. The minimum Gasteiger partial charge on any atom is -0.465 e. The van der Waals surface area contributed by atoms with Crippen LogP contribution >= 0.6 is 0 Å². The predicted octanol–water partition coefficient (Wildman–Crippen LogP) is 1.56. The van der Waals surface area contributed by atoms with Crippen LogP contribution in [0.15, 0.2) is 64.1 Å². The van der Waals surface area contributed by atoms with E-state index < -0.39 is 5.97 Å². The standard InChI is InChI=1S/C14H9N3O2/c1-19-14(18)11-7-9(8-15)13-16-6-5-10-3-2-4-12(11)17(10)13/h2-7H,1H3. The Hall–Kier alpha value is -2.87. The number of nitriles is 1. The first-order valence-electron chi connectivity index (χ1n) is 5.64. The molecule has 19 heavy (non-hydrogen) atoms. The van der Waals surface area contributed by atoms with Gasteiger partial charge in [0, 0.05) is 11.9 Å². The number of carbonyl (C=O) groups excluding carboxylic acids is 1. The number of esters is 1. The van der Waals surface area contributed by atoms with Crippen molar-refractivity contribution in [1.29, 1.82) is 5.26 Å². The number of hydrogen-bond acceptors (Lipinski definition) is 5. The van der Waals surface area contributed by atoms with Gasteiger partial charge in [0.15, 0.2) is 5.84 Å². The van der Waals surface area contributed by atoms with Crippen molar-refractivity contribution >= 4 is 11.8 Å². The van der Waals surface area contributed by atoms with Crippen molar-refractivity contribution in [2.24, 2.45) is 4.99 Å². The molecular formula is C14H9N3O2. The van der Waals surface area contributed by atoms with Gasteiger partial charge in [-0.15, -0.1) is 0 Å². The van der Waals surface area contributed by atoms with Crippen LogP contribution in [0, 0.1) is 11.3 Å². The summed E-state index contributed by atoms with van der Waals surface area (Å²) in [6.07, 6.45) is 10.5. The van der Waals surface area contributed by atoms with Crippen LogP contribution < -0.4 is 0 Å². The first kappa shape index (κ1) is 11.2. The van der Waals surface area contributed by atoms with E-state index in [-0.39, 0.29) is 0 Å². The molecule has 0 saturated heterocycles. The van der Waals surface area contributed by atoms with Crippen molar-refractivity contribution < 1.29 is 9.53 Å². The van der Waals surface area contributed by atoms with Gasteiger partial charge in [0.2, 0.25) is 0 Å². The van der Waals surface area contributed by atoms with Gasteiger partial charge in [-0.3, -0.25) is 4.90 Å². The fourth-order valence-electron chi connectivity index (χ4n) is 2.17. The first-order valence-corrected chi connectivity index (χ1v) is 5.64. The monoisotopic (exact) mass is 251 g/mol. The number of hydrogen-bond donors (Lipinski definition) is 0. The van der Waals surface area contributed by atoms with Crippen molar-refractivity contribution in [1.82, 2.24) is 4.90 Å². The number of ether oxygens (including phenoxy) is 1. The highest BCUT2D eigenvalue weighted by atomic mass is 16.5. The number of carbonyl (C=O) groups is 1. The number of allylic oxidation sites excluding steroid dienone is 4. The lowest BCUT2D eigenvalue weighted by molar-refractivity contribution is -0.135. The maximum Gasteiger partial charge on any atom is 0.340 e. The van der Waals surface area contributed by atoms with Crippen LogP contribution in [0.4, 0.5) is 0 Å². The van der Waals surface area contributed by atoms with E-state index in [0.29, 0.717) is 22.7 Å². The highest BCUT2D eigenvalue weighted by Gasteiger charge is 2.32. The molecule has 0 bridgehead atoms. The van der Waals surface area contributed by atoms with E-state index in [0.717, 1.165) is 5.70 Å². The number of rotatable bonds is 1. The lowest BCUT2D eigenvalue weighted by Crippen LogP contribution is -2.36. The van der Waals surface area contributed by atoms with Crippen molar-refractivity contribution in [3.63, 3.8) is 0 Å². The predicted molar refractivity (Wildman–Crippen MR) is 68.4 cm³/mol. The summed E-state index contributed by atoms with van der Waals surface area (Å²) in [6.45, 7) is 0. The second kappa shape index (κ2) is 4.10. The first-order chi connectivity index (χ1) is 9.26. The van der Waals surface area contributed by atoms with Gasteiger partial charge in [-0.05, 0) is 24.3 Å². The zero-order valence-corrected chi connectivity index (χ0v) is 10.1. The Morgan fingerprint density at radius 2 is 2.32 bits per heavy atom. The van der Waals surface area contributed by atoms with Gasteiger partial charge in [-0.1, -0.05) is 6.08 Å². The zero-order valence-electron chi connectivity index (χ0n) is 10.1. The van der Waals surface area contributed by atoms with E-state index in [2.05, 4.69) is 11.1 Å². The third-order valence-electron chi connectivity index (χ3n) is 3.01. The molecule has 0 aromatic rings. The summed E-state index contributed by atoms with van der Waals surface area (Å²) in [7, 11) is 1.32. The Bertz CT molecular complexity index is 697. The molecule has 5 heteroatoms. The average molecular weight is 251 g/mol. The van der Waals surface area contributed by atoms with Gasteiger partial charge in [0.1, 0.15) is 6.07 Å². The highest BCUT2D eigenvalue weighted by molar-refractivity contribution is 6.10. The van der Waals surface area contributed by atoms with Gasteiger partial charge in [-0.2, -0.15) is 5.26 Å². The Kier molecular flexibility index (Phi) is 2.43. The Morgan fingerprint density at radius 3 is 3.05 bits per heavy atom. The summed E-state index contributed by atoms with van der Waals surface area (Å²) < 4.78 is 4.76. The molecule has 0 spiro atoms.